The average Bonchev–Trinajstić information content (AvgIpc) is 3.15. The number of halogens is 2. The molecule has 3 aromatic rings. The van der Waals surface area contributed by atoms with Gasteiger partial charge in [0.05, 0.1) is 35.1 Å². The van der Waals surface area contributed by atoms with Gasteiger partial charge in [-0.05, 0) is 31.9 Å². The van der Waals surface area contributed by atoms with Gasteiger partial charge in [0.2, 0.25) is 17.8 Å². The summed E-state index contributed by atoms with van der Waals surface area (Å²) in [4.78, 5) is 24.9. The molecular weight excluding hydrogens is 463 g/mol. The lowest BCUT2D eigenvalue weighted by atomic mass is 10.1. The molecule has 0 saturated carbocycles. The van der Waals surface area contributed by atoms with Crippen molar-refractivity contribution in [2.24, 2.45) is 5.73 Å². The number of benzene rings is 1. The zero-order valence-electron chi connectivity index (χ0n) is 18.8. The molecule has 0 unspecified atom stereocenters. The van der Waals surface area contributed by atoms with Gasteiger partial charge in [0, 0.05) is 18.5 Å². The van der Waals surface area contributed by atoms with Crippen LogP contribution in [0.4, 0.5) is 22.0 Å². The van der Waals surface area contributed by atoms with E-state index in [0.29, 0.717) is 24.0 Å². The molecule has 34 heavy (non-hydrogen) atoms. The van der Waals surface area contributed by atoms with Crippen LogP contribution < -0.4 is 16.4 Å². The van der Waals surface area contributed by atoms with E-state index >= 15 is 0 Å². The van der Waals surface area contributed by atoms with Crippen LogP contribution in [0.3, 0.4) is 0 Å². The van der Waals surface area contributed by atoms with Gasteiger partial charge in [0.1, 0.15) is 11.3 Å². The molecule has 3 rings (SSSR count). The van der Waals surface area contributed by atoms with E-state index in [2.05, 4.69) is 25.6 Å². The molecule has 0 fully saturated rings. The molecule has 0 aliphatic heterocycles. The summed E-state index contributed by atoms with van der Waals surface area (Å²) in [6.45, 7) is 3.67. The van der Waals surface area contributed by atoms with Crippen molar-refractivity contribution in [1.29, 1.82) is 5.26 Å². The second-order valence-electron chi connectivity index (χ2n) is 7.94. The van der Waals surface area contributed by atoms with E-state index in [9.17, 15) is 14.3 Å². The van der Waals surface area contributed by atoms with E-state index in [-0.39, 0.29) is 53.3 Å². The lowest BCUT2D eigenvalue weighted by Crippen LogP contribution is -2.21. The Morgan fingerprint density at radius 1 is 1.38 bits per heavy atom. The van der Waals surface area contributed by atoms with Crippen molar-refractivity contribution in [2.45, 2.75) is 51.6 Å². The third-order valence-corrected chi connectivity index (χ3v) is 5.50. The molecule has 0 saturated heterocycles. The number of carbonyl (C=O) groups is 1. The second kappa shape index (κ2) is 11.1. The highest BCUT2D eigenvalue weighted by molar-refractivity contribution is 6.33. The molecule has 0 aliphatic carbocycles. The van der Waals surface area contributed by atoms with Crippen LogP contribution in [-0.4, -0.2) is 43.2 Å². The summed E-state index contributed by atoms with van der Waals surface area (Å²) in [5.41, 5.74) is 6.34. The maximum absolute atomic E-state index is 14.8. The van der Waals surface area contributed by atoms with E-state index < -0.39 is 11.7 Å². The Kier molecular flexibility index (Phi) is 8.20. The van der Waals surface area contributed by atoms with E-state index in [1.165, 1.54) is 12.3 Å². The number of fused-ring (bicyclic) bond motifs is 1. The van der Waals surface area contributed by atoms with Gasteiger partial charge >= 0.3 is 0 Å². The summed E-state index contributed by atoms with van der Waals surface area (Å²) >= 11 is 6.24. The van der Waals surface area contributed by atoms with Gasteiger partial charge in [0.15, 0.2) is 5.65 Å². The first-order chi connectivity index (χ1) is 16.3. The number of nitriles is 1. The number of nitrogens with zero attached hydrogens (tertiary/aromatic N) is 5. The molecule has 0 aliphatic rings. The molecule has 0 bridgehead atoms. The first-order valence-corrected chi connectivity index (χ1v) is 11.2. The Morgan fingerprint density at radius 2 is 2.15 bits per heavy atom. The lowest BCUT2D eigenvalue weighted by Gasteiger charge is -2.21. The molecule has 0 radical (unpaired) electrons. The summed E-state index contributed by atoms with van der Waals surface area (Å²) in [5, 5.41) is 24.4. The number of aromatic nitrogens is 4. The number of aliphatic hydroxyl groups excluding tert-OH is 1. The zero-order valence-corrected chi connectivity index (χ0v) is 19.6. The summed E-state index contributed by atoms with van der Waals surface area (Å²) in [7, 11) is 0. The number of aliphatic hydroxyl groups is 1. The van der Waals surface area contributed by atoms with Crippen LogP contribution >= 0.6 is 11.6 Å². The Labute approximate surface area is 201 Å². The van der Waals surface area contributed by atoms with Crippen molar-refractivity contribution in [3.05, 3.63) is 34.7 Å². The highest BCUT2D eigenvalue weighted by atomic mass is 35.5. The number of nitrogens with one attached hydrogen (secondary N) is 2. The van der Waals surface area contributed by atoms with Crippen LogP contribution in [0.5, 0.6) is 0 Å². The van der Waals surface area contributed by atoms with Gasteiger partial charge in [-0.2, -0.15) is 10.2 Å². The molecular formula is C22H26ClFN8O2. The number of amides is 1. The number of hydrogen-bond donors (Lipinski definition) is 4. The van der Waals surface area contributed by atoms with E-state index in [4.69, 9.17) is 22.6 Å². The van der Waals surface area contributed by atoms with Gasteiger partial charge < -0.3 is 21.5 Å². The number of carbonyl (C=O) groups excluding carboxylic acids is 1. The Morgan fingerprint density at radius 3 is 2.76 bits per heavy atom. The molecule has 12 heteroatoms. The molecule has 10 nitrogen and oxygen atoms in total. The van der Waals surface area contributed by atoms with Crippen molar-refractivity contribution < 1.29 is 14.3 Å². The van der Waals surface area contributed by atoms with Crippen LogP contribution in [-0.2, 0) is 4.79 Å². The third kappa shape index (κ3) is 5.70. The number of nitrogens with two attached hydrogens (primary N) is 1. The Bertz CT molecular complexity index is 1200. The standard InChI is InChI=1S/C22H26ClFN8O2/c1-3-4-14(5-6-18(26)34)32-20-17(10-27-21(31-20)28-12(2)11-33)29-22(32)30-19-15(23)7-13(9-25)8-16(19)24/h7-8,10,12,14,33H,3-6,11H2,1-2H3,(H2,26,34)(H,29,30)(H,27,28,31)/t12-,14-/m0/s1. The average molecular weight is 489 g/mol. The fourth-order valence-corrected chi connectivity index (χ4v) is 3.83. The van der Waals surface area contributed by atoms with Crippen molar-refractivity contribution in [3.8, 4) is 6.07 Å². The summed E-state index contributed by atoms with van der Waals surface area (Å²) in [5.74, 6) is -0.605. The summed E-state index contributed by atoms with van der Waals surface area (Å²) in [6, 6.07) is 3.79. The minimum absolute atomic E-state index is 0.0181. The van der Waals surface area contributed by atoms with E-state index in [1.54, 1.807) is 11.5 Å². The molecule has 180 valence electrons. The van der Waals surface area contributed by atoms with E-state index in [0.717, 1.165) is 12.5 Å². The zero-order chi connectivity index (χ0) is 24.8. The molecule has 2 aromatic heterocycles. The van der Waals surface area contributed by atoms with Crippen LogP contribution in [0.1, 0.15) is 51.1 Å². The highest BCUT2D eigenvalue weighted by Gasteiger charge is 2.23. The van der Waals surface area contributed by atoms with Crippen molar-refractivity contribution in [1.82, 2.24) is 19.5 Å². The summed E-state index contributed by atoms with van der Waals surface area (Å²) < 4.78 is 16.5. The number of primary amides is 1. The second-order valence-corrected chi connectivity index (χ2v) is 8.34. The van der Waals surface area contributed by atoms with E-state index in [1.807, 2.05) is 13.0 Å². The molecule has 1 amide bonds. The van der Waals surface area contributed by atoms with Gasteiger partial charge in [0.25, 0.3) is 0 Å². The van der Waals surface area contributed by atoms with Gasteiger partial charge in [-0.15, -0.1) is 0 Å². The van der Waals surface area contributed by atoms with Crippen molar-refractivity contribution >= 4 is 46.3 Å². The molecule has 2 atom stereocenters. The van der Waals surface area contributed by atoms with Gasteiger partial charge in [-0.1, -0.05) is 24.9 Å². The predicted octanol–water partition coefficient (Wildman–Crippen LogP) is 3.63. The fraction of sp³-hybridized carbons (Fsp3) is 0.409. The van der Waals surface area contributed by atoms with Gasteiger partial charge in [-0.25, -0.2) is 14.4 Å². The Balaban J connectivity index is 2.15. The molecule has 0 spiro atoms. The van der Waals surface area contributed by atoms with Crippen LogP contribution in [0.2, 0.25) is 5.02 Å². The molecule has 2 heterocycles. The van der Waals surface area contributed by atoms with Crippen LogP contribution in [0.15, 0.2) is 18.3 Å². The predicted molar refractivity (Wildman–Crippen MR) is 127 cm³/mol. The first kappa shape index (κ1) is 25.1. The van der Waals surface area contributed by atoms with Gasteiger partial charge in [-0.3, -0.25) is 9.36 Å². The largest absolute Gasteiger partial charge is 0.394 e. The number of imidazole rings is 1. The normalized spacial score (nSPS) is 12.8. The number of rotatable bonds is 11. The third-order valence-electron chi connectivity index (χ3n) is 5.20. The highest BCUT2D eigenvalue weighted by Crippen LogP contribution is 2.34. The Hall–Kier alpha value is -3.49. The topological polar surface area (TPSA) is 155 Å². The van der Waals surface area contributed by atoms with Crippen molar-refractivity contribution in [3.63, 3.8) is 0 Å². The lowest BCUT2D eigenvalue weighted by molar-refractivity contribution is -0.118. The smallest absolute Gasteiger partial charge is 0.225 e. The number of anilines is 3. The maximum Gasteiger partial charge on any atom is 0.225 e. The molecule has 5 N–H and O–H groups in total. The van der Waals surface area contributed by atoms with Crippen LogP contribution in [0.25, 0.3) is 11.2 Å². The minimum Gasteiger partial charge on any atom is -0.394 e. The quantitative estimate of drug-likeness (QED) is 0.319. The monoisotopic (exact) mass is 488 g/mol. The summed E-state index contributed by atoms with van der Waals surface area (Å²) in [6.07, 6.45) is 3.56. The SMILES string of the molecule is CCC[C@@H](CCC(N)=O)n1c(Nc2c(F)cc(C#N)cc2Cl)nc2cnc(N[C@@H](C)CO)nc21. The minimum atomic E-state index is -0.711. The van der Waals surface area contributed by atoms with Crippen LogP contribution in [0, 0.1) is 17.1 Å². The fourth-order valence-electron chi connectivity index (χ4n) is 3.57. The first-order valence-electron chi connectivity index (χ1n) is 10.8. The van der Waals surface area contributed by atoms with Crippen molar-refractivity contribution in [2.75, 3.05) is 17.2 Å². The molecule has 1 aromatic carbocycles. The maximum atomic E-state index is 14.8. The number of hydrogen-bond acceptors (Lipinski definition) is 8.